The van der Waals surface area contributed by atoms with Crippen LogP contribution in [0.5, 0.6) is 5.75 Å². The van der Waals surface area contributed by atoms with Crippen LogP contribution in [0.2, 0.25) is 0 Å². The molecule has 6 nitrogen and oxygen atoms in total. The van der Waals surface area contributed by atoms with Crippen molar-refractivity contribution in [1.29, 1.82) is 0 Å². The van der Waals surface area contributed by atoms with Gasteiger partial charge in [0.2, 0.25) is 0 Å². The van der Waals surface area contributed by atoms with E-state index in [-0.39, 0.29) is 11.3 Å². The molecule has 2 rings (SSSR count). The van der Waals surface area contributed by atoms with Crippen molar-refractivity contribution in [2.24, 2.45) is 0 Å². The van der Waals surface area contributed by atoms with Gasteiger partial charge in [-0.15, -0.1) is 0 Å². The highest BCUT2D eigenvalue weighted by atomic mass is 19.4. The van der Waals surface area contributed by atoms with E-state index in [2.05, 4.69) is 5.32 Å². The summed E-state index contributed by atoms with van der Waals surface area (Å²) in [5, 5.41) is 2.61. The Kier molecular flexibility index (Phi) is 8.49. The van der Waals surface area contributed by atoms with Crippen LogP contribution < -0.4 is 15.0 Å². The summed E-state index contributed by atoms with van der Waals surface area (Å²) in [6, 6.07) is 9.74. The van der Waals surface area contributed by atoms with E-state index in [1.54, 1.807) is 23.1 Å². The lowest BCUT2D eigenvalue weighted by atomic mass is 10.1. The molecule has 1 N–H and O–H groups in total. The fourth-order valence-electron chi connectivity index (χ4n) is 2.87. The van der Waals surface area contributed by atoms with Gasteiger partial charge >= 0.3 is 6.18 Å². The Bertz CT molecular complexity index is 835. The molecule has 0 aliphatic heterocycles. The van der Waals surface area contributed by atoms with Crippen molar-refractivity contribution in [1.82, 2.24) is 0 Å². The van der Waals surface area contributed by atoms with Crippen molar-refractivity contribution in [3.05, 3.63) is 53.6 Å². The molecule has 0 atom stereocenters. The second-order valence-electron chi connectivity index (χ2n) is 6.36. The molecule has 0 heterocycles. The Hall–Kier alpha value is -2.78. The summed E-state index contributed by atoms with van der Waals surface area (Å²) in [7, 11) is 4.48. The Morgan fingerprint density at radius 1 is 1.00 bits per heavy atom. The number of rotatable bonds is 10. The molecule has 1 amide bonds. The van der Waals surface area contributed by atoms with Crippen molar-refractivity contribution in [3.8, 4) is 5.75 Å². The molecule has 0 bridgehead atoms. The van der Waals surface area contributed by atoms with Crippen LogP contribution >= 0.6 is 0 Å². The molecule has 0 fully saturated rings. The third-order valence-electron chi connectivity index (χ3n) is 4.40. The molecule has 0 spiro atoms. The van der Waals surface area contributed by atoms with Gasteiger partial charge in [-0.3, -0.25) is 4.79 Å². The molecule has 2 aromatic rings. The number of nitrogens with one attached hydrogen (secondary N) is 1. The smallest absolute Gasteiger partial charge is 0.416 e. The van der Waals surface area contributed by atoms with Crippen LogP contribution in [-0.4, -0.2) is 53.5 Å². The second-order valence-corrected chi connectivity index (χ2v) is 6.36. The Morgan fingerprint density at radius 2 is 1.63 bits per heavy atom. The first kappa shape index (κ1) is 23.5. The van der Waals surface area contributed by atoms with Crippen molar-refractivity contribution in [3.63, 3.8) is 0 Å². The number of carbonyl (C=O) groups excluding carboxylic acids is 1. The van der Waals surface area contributed by atoms with Gasteiger partial charge < -0.3 is 24.4 Å². The Labute approximate surface area is 173 Å². The molecule has 0 aromatic heterocycles. The maximum atomic E-state index is 13.3. The molecule has 164 valence electrons. The van der Waals surface area contributed by atoms with Crippen LogP contribution in [0.1, 0.15) is 15.9 Å². The van der Waals surface area contributed by atoms with Crippen LogP contribution in [0.25, 0.3) is 0 Å². The van der Waals surface area contributed by atoms with Gasteiger partial charge in [0.05, 0.1) is 42.8 Å². The molecule has 0 unspecified atom stereocenters. The van der Waals surface area contributed by atoms with Crippen molar-refractivity contribution >= 4 is 17.3 Å². The molecule has 9 heteroatoms. The fourth-order valence-corrected chi connectivity index (χ4v) is 2.87. The number of anilines is 2. The van der Waals surface area contributed by atoms with E-state index in [1.807, 2.05) is 0 Å². The summed E-state index contributed by atoms with van der Waals surface area (Å²) in [5.74, 6) is -0.259. The number of hydrogen-bond acceptors (Lipinski definition) is 5. The first-order valence-electron chi connectivity index (χ1n) is 9.20. The van der Waals surface area contributed by atoms with Gasteiger partial charge in [-0.25, -0.2) is 0 Å². The minimum absolute atomic E-state index is 0.0351. The normalized spacial score (nSPS) is 11.3. The van der Waals surface area contributed by atoms with E-state index in [1.165, 1.54) is 33.5 Å². The van der Waals surface area contributed by atoms with Crippen LogP contribution in [-0.2, 0) is 15.7 Å². The maximum Gasteiger partial charge on any atom is 0.416 e. The molecule has 2 aromatic carbocycles. The minimum atomic E-state index is -4.55. The predicted molar refractivity (Wildman–Crippen MR) is 108 cm³/mol. The van der Waals surface area contributed by atoms with E-state index >= 15 is 0 Å². The van der Waals surface area contributed by atoms with Crippen LogP contribution in [0.15, 0.2) is 42.5 Å². The van der Waals surface area contributed by atoms with Gasteiger partial charge in [-0.2, -0.15) is 13.2 Å². The SMILES string of the molecule is COCCN(CCOC)c1ccc(C(F)(F)F)cc1NC(=O)c1ccccc1OC. The van der Waals surface area contributed by atoms with Gasteiger partial charge in [0, 0.05) is 27.3 Å². The molecule has 0 aliphatic rings. The van der Waals surface area contributed by atoms with Gasteiger partial charge in [0.15, 0.2) is 0 Å². The fraction of sp³-hybridized carbons (Fsp3) is 0.381. The van der Waals surface area contributed by atoms with Gasteiger partial charge in [0.1, 0.15) is 5.75 Å². The van der Waals surface area contributed by atoms with E-state index in [0.29, 0.717) is 37.7 Å². The molecule has 0 aliphatic carbocycles. The maximum absolute atomic E-state index is 13.3. The highest BCUT2D eigenvalue weighted by Crippen LogP contribution is 2.36. The highest BCUT2D eigenvalue weighted by molar-refractivity contribution is 6.07. The lowest BCUT2D eigenvalue weighted by Crippen LogP contribution is -2.31. The monoisotopic (exact) mass is 426 g/mol. The van der Waals surface area contributed by atoms with Crippen molar-refractivity contribution in [2.45, 2.75) is 6.18 Å². The zero-order valence-electron chi connectivity index (χ0n) is 17.1. The lowest BCUT2D eigenvalue weighted by molar-refractivity contribution is -0.137. The summed E-state index contributed by atoms with van der Waals surface area (Å²) in [4.78, 5) is 14.6. The van der Waals surface area contributed by atoms with Gasteiger partial charge in [-0.1, -0.05) is 12.1 Å². The summed E-state index contributed by atoms with van der Waals surface area (Å²) in [5.41, 5.74) is -0.183. The van der Waals surface area contributed by atoms with Crippen molar-refractivity contribution in [2.75, 3.05) is 57.8 Å². The van der Waals surface area contributed by atoms with Crippen LogP contribution in [0.3, 0.4) is 0 Å². The van der Waals surface area contributed by atoms with E-state index in [4.69, 9.17) is 14.2 Å². The van der Waals surface area contributed by atoms with E-state index in [0.717, 1.165) is 12.1 Å². The number of amides is 1. The molecular formula is C21H25F3N2O4. The number of hydrogen-bond donors (Lipinski definition) is 1. The first-order valence-corrected chi connectivity index (χ1v) is 9.20. The Morgan fingerprint density at radius 3 is 2.20 bits per heavy atom. The molecule has 0 radical (unpaired) electrons. The summed E-state index contributed by atoms with van der Waals surface area (Å²) >= 11 is 0. The number of carbonyl (C=O) groups is 1. The average molecular weight is 426 g/mol. The summed E-state index contributed by atoms with van der Waals surface area (Å²) in [6.45, 7) is 1.51. The number of nitrogens with zero attached hydrogens (tertiary/aromatic N) is 1. The summed E-state index contributed by atoms with van der Waals surface area (Å²) in [6.07, 6.45) is -4.55. The van der Waals surface area contributed by atoms with Gasteiger partial charge in [-0.05, 0) is 30.3 Å². The third-order valence-corrected chi connectivity index (χ3v) is 4.40. The quantitative estimate of drug-likeness (QED) is 0.621. The number of alkyl halides is 3. The molecule has 0 saturated carbocycles. The van der Waals surface area contributed by atoms with E-state index in [9.17, 15) is 18.0 Å². The largest absolute Gasteiger partial charge is 0.496 e. The standard InChI is InChI=1S/C21H25F3N2O4/c1-28-12-10-26(11-13-29-2)18-9-8-15(21(22,23)24)14-17(18)25-20(27)16-6-4-5-7-19(16)30-3/h4-9,14H,10-13H2,1-3H3,(H,25,27). The topological polar surface area (TPSA) is 60.0 Å². The minimum Gasteiger partial charge on any atom is -0.496 e. The third kappa shape index (κ3) is 6.11. The zero-order chi connectivity index (χ0) is 22.1. The number of para-hydroxylation sites is 1. The number of ether oxygens (including phenoxy) is 3. The van der Waals surface area contributed by atoms with Crippen LogP contribution in [0.4, 0.5) is 24.5 Å². The average Bonchev–Trinajstić information content (AvgIpc) is 2.73. The van der Waals surface area contributed by atoms with Crippen molar-refractivity contribution < 1.29 is 32.2 Å². The second kappa shape index (κ2) is 10.8. The number of halogens is 3. The number of benzene rings is 2. The molecular weight excluding hydrogens is 401 g/mol. The zero-order valence-corrected chi connectivity index (χ0v) is 17.1. The first-order chi connectivity index (χ1) is 14.3. The highest BCUT2D eigenvalue weighted by Gasteiger charge is 2.32. The molecule has 0 saturated heterocycles. The van der Waals surface area contributed by atoms with Gasteiger partial charge in [0.25, 0.3) is 5.91 Å². The predicted octanol–water partition coefficient (Wildman–Crippen LogP) is 4.07. The Balaban J connectivity index is 2.46. The number of methoxy groups -OCH3 is 3. The van der Waals surface area contributed by atoms with E-state index < -0.39 is 17.6 Å². The lowest BCUT2D eigenvalue weighted by Gasteiger charge is -2.27. The summed E-state index contributed by atoms with van der Waals surface area (Å²) < 4.78 is 55.3. The molecule has 30 heavy (non-hydrogen) atoms. The van der Waals surface area contributed by atoms with Crippen LogP contribution in [0, 0.1) is 0 Å².